The van der Waals surface area contributed by atoms with Gasteiger partial charge in [-0.3, -0.25) is 0 Å². The monoisotopic (exact) mass is 320 g/mol. The van der Waals surface area contributed by atoms with E-state index in [4.69, 9.17) is 10.5 Å². The number of thiophene rings is 1. The number of hydrogen-bond donors (Lipinski definition) is 0. The molecule has 2 nitrogen and oxygen atoms in total. The summed E-state index contributed by atoms with van der Waals surface area (Å²) < 4.78 is 0. The zero-order valence-electron chi connectivity index (χ0n) is 13.4. The lowest BCUT2D eigenvalue weighted by atomic mass is 10.0. The topological polar surface area (TPSA) is 47.6 Å². The number of aryl methyl sites for hydroxylation is 1. The SMILES string of the molecule is CCCCCCc1ccsc1-c1ccc(C=C(C#N)C#N)cc1. The second kappa shape index (κ2) is 8.93. The molecule has 116 valence electrons. The van der Waals surface area contributed by atoms with Gasteiger partial charge in [0.15, 0.2) is 0 Å². The molecule has 0 saturated heterocycles. The zero-order chi connectivity index (χ0) is 16.5. The third-order valence-corrected chi connectivity index (χ3v) is 4.78. The molecule has 2 aromatic rings. The minimum absolute atomic E-state index is 0.130. The molecule has 0 radical (unpaired) electrons. The molecule has 1 heterocycles. The number of unbranched alkanes of at least 4 members (excludes halogenated alkanes) is 3. The lowest BCUT2D eigenvalue weighted by Crippen LogP contribution is -1.86. The van der Waals surface area contributed by atoms with Crippen LogP contribution in [0.3, 0.4) is 0 Å². The summed E-state index contributed by atoms with van der Waals surface area (Å²) >= 11 is 1.78. The molecule has 0 aliphatic heterocycles. The third-order valence-electron chi connectivity index (χ3n) is 3.77. The summed E-state index contributed by atoms with van der Waals surface area (Å²) in [7, 11) is 0. The zero-order valence-corrected chi connectivity index (χ0v) is 14.2. The van der Waals surface area contributed by atoms with Gasteiger partial charge in [0, 0.05) is 4.88 Å². The number of allylic oxidation sites excluding steroid dienone is 1. The van der Waals surface area contributed by atoms with Crippen molar-refractivity contribution in [2.24, 2.45) is 0 Å². The van der Waals surface area contributed by atoms with Crippen molar-refractivity contribution in [2.75, 3.05) is 0 Å². The van der Waals surface area contributed by atoms with Crippen LogP contribution in [0.4, 0.5) is 0 Å². The van der Waals surface area contributed by atoms with Crippen LogP contribution in [0, 0.1) is 22.7 Å². The average molecular weight is 320 g/mol. The van der Waals surface area contributed by atoms with Gasteiger partial charge in [0.25, 0.3) is 0 Å². The second-order valence-corrected chi connectivity index (χ2v) is 6.41. The highest BCUT2D eigenvalue weighted by atomic mass is 32.1. The molecule has 0 unspecified atom stereocenters. The van der Waals surface area contributed by atoms with Crippen molar-refractivity contribution < 1.29 is 0 Å². The highest BCUT2D eigenvalue weighted by Crippen LogP contribution is 2.31. The first-order valence-corrected chi connectivity index (χ1v) is 8.85. The molecule has 0 saturated carbocycles. The Morgan fingerprint density at radius 2 is 1.78 bits per heavy atom. The molecule has 0 bridgehead atoms. The van der Waals surface area contributed by atoms with Gasteiger partial charge in [0.2, 0.25) is 0 Å². The van der Waals surface area contributed by atoms with Crippen LogP contribution in [0.1, 0.15) is 43.7 Å². The normalized spacial score (nSPS) is 9.87. The highest BCUT2D eigenvalue weighted by Gasteiger charge is 2.07. The van der Waals surface area contributed by atoms with Crippen LogP contribution in [0.15, 0.2) is 41.3 Å². The Morgan fingerprint density at radius 3 is 2.43 bits per heavy atom. The van der Waals surface area contributed by atoms with Gasteiger partial charge in [0.05, 0.1) is 0 Å². The van der Waals surface area contributed by atoms with Gasteiger partial charge < -0.3 is 0 Å². The molecule has 0 fully saturated rings. The summed E-state index contributed by atoms with van der Waals surface area (Å²) in [5.74, 6) is 0. The van der Waals surface area contributed by atoms with Crippen molar-refractivity contribution in [1.29, 1.82) is 10.5 Å². The molecule has 0 spiro atoms. The summed E-state index contributed by atoms with van der Waals surface area (Å²) in [4.78, 5) is 1.33. The van der Waals surface area contributed by atoms with Gasteiger partial charge in [-0.25, -0.2) is 0 Å². The summed E-state index contributed by atoms with van der Waals surface area (Å²) in [5, 5.41) is 19.8. The Balaban J connectivity index is 2.12. The molecule has 0 N–H and O–H groups in total. The van der Waals surface area contributed by atoms with E-state index in [1.165, 1.54) is 41.7 Å². The first kappa shape index (κ1) is 17.0. The number of nitriles is 2. The van der Waals surface area contributed by atoms with Crippen LogP contribution in [-0.2, 0) is 6.42 Å². The Bertz CT molecular complexity index is 723. The Labute approximate surface area is 142 Å². The Morgan fingerprint density at radius 1 is 1.04 bits per heavy atom. The molecule has 0 amide bonds. The van der Waals surface area contributed by atoms with Crippen molar-refractivity contribution in [2.45, 2.75) is 39.0 Å². The average Bonchev–Trinajstić information content (AvgIpc) is 3.05. The van der Waals surface area contributed by atoms with Gasteiger partial charge >= 0.3 is 0 Å². The lowest BCUT2D eigenvalue weighted by Gasteiger charge is -2.05. The molecule has 3 heteroatoms. The van der Waals surface area contributed by atoms with Crippen LogP contribution in [-0.4, -0.2) is 0 Å². The third kappa shape index (κ3) is 4.81. The number of benzene rings is 1. The maximum Gasteiger partial charge on any atom is 0.130 e. The number of rotatable bonds is 7. The summed E-state index contributed by atoms with van der Waals surface area (Å²) in [6.07, 6.45) is 7.85. The molecule has 1 aromatic carbocycles. The quantitative estimate of drug-likeness (QED) is 0.466. The molecule has 0 aliphatic rings. The van der Waals surface area contributed by atoms with Crippen LogP contribution < -0.4 is 0 Å². The second-order valence-electron chi connectivity index (χ2n) is 5.49. The van der Waals surface area contributed by atoms with Gasteiger partial charge in [0.1, 0.15) is 17.7 Å². The van der Waals surface area contributed by atoms with E-state index < -0.39 is 0 Å². The van der Waals surface area contributed by atoms with Crippen LogP contribution in [0.5, 0.6) is 0 Å². The summed E-state index contributed by atoms with van der Waals surface area (Å²) in [6, 6.07) is 14.1. The summed E-state index contributed by atoms with van der Waals surface area (Å²) in [5.41, 5.74) is 3.64. The van der Waals surface area contributed by atoms with Crippen molar-refractivity contribution in [3.05, 3.63) is 52.4 Å². The maximum atomic E-state index is 8.81. The van der Waals surface area contributed by atoms with Gasteiger partial charge in [-0.05, 0) is 47.1 Å². The fraction of sp³-hybridized carbons (Fsp3) is 0.300. The lowest BCUT2D eigenvalue weighted by molar-refractivity contribution is 0.668. The van der Waals surface area contributed by atoms with Crippen molar-refractivity contribution in [3.63, 3.8) is 0 Å². The highest BCUT2D eigenvalue weighted by molar-refractivity contribution is 7.13. The molecule has 23 heavy (non-hydrogen) atoms. The summed E-state index contributed by atoms with van der Waals surface area (Å²) in [6.45, 7) is 2.23. The van der Waals surface area contributed by atoms with Crippen LogP contribution in [0.2, 0.25) is 0 Å². The smallest absolute Gasteiger partial charge is 0.130 e. The number of hydrogen-bond acceptors (Lipinski definition) is 3. The van der Waals surface area contributed by atoms with Gasteiger partial charge in [-0.15, -0.1) is 11.3 Å². The van der Waals surface area contributed by atoms with Gasteiger partial charge in [-0.1, -0.05) is 50.5 Å². The van der Waals surface area contributed by atoms with Crippen molar-refractivity contribution >= 4 is 17.4 Å². The van der Waals surface area contributed by atoms with E-state index in [1.807, 2.05) is 24.3 Å². The molecule has 1 aromatic heterocycles. The standard InChI is InChI=1S/C20H20N2S/c1-2-3-4-5-6-18-11-12-23-20(18)19-9-7-16(8-10-19)13-17(14-21)15-22/h7-13H,2-6H2,1H3. The van der Waals surface area contributed by atoms with E-state index in [1.54, 1.807) is 17.4 Å². The molecule has 0 aliphatic carbocycles. The first-order valence-electron chi connectivity index (χ1n) is 7.97. The van der Waals surface area contributed by atoms with E-state index in [0.717, 1.165) is 12.0 Å². The van der Waals surface area contributed by atoms with E-state index in [-0.39, 0.29) is 5.57 Å². The molecular weight excluding hydrogens is 300 g/mol. The van der Waals surface area contributed by atoms with Gasteiger partial charge in [-0.2, -0.15) is 10.5 Å². The largest absolute Gasteiger partial charge is 0.192 e. The Hall–Kier alpha value is -2.36. The number of nitrogens with zero attached hydrogens (tertiary/aromatic N) is 2. The van der Waals surface area contributed by atoms with Crippen molar-refractivity contribution in [3.8, 4) is 22.6 Å². The van der Waals surface area contributed by atoms with E-state index in [0.29, 0.717) is 0 Å². The predicted molar refractivity (Wildman–Crippen MR) is 96.8 cm³/mol. The minimum Gasteiger partial charge on any atom is -0.192 e. The predicted octanol–water partition coefficient (Wildman–Crippen LogP) is 5.97. The molecular formula is C20H20N2S. The first-order chi connectivity index (χ1) is 11.3. The van der Waals surface area contributed by atoms with E-state index in [2.05, 4.69) is 30.5 Å². The molecule has 0 atom stereocenters. The minimum atomic E-state index is 0.130. The Kier molecular flexibility index (Phi) is 6.60. The fourth-order valence-corrected chi connectivity index (χ4v) is 3.48. The molecule has 2 rings (SSSR count). The van der Waals surface area contributed by atoms with Crippen LogP contribution >= 0.6 is 11.3 Å². The van der Waals surface area contributed by atoms with Crippen molar-refractivity contribution in [1.82, 2.24) is 0 Å². The maximum absolute atomic E-state index is 8.81. The fourth-order valence-electron chi connectivity index (χ4n) is 2.52. The van der Waals surface area contributed by atoms with E-state index >= 15 is 0 Å². The van der Waals surface area contributed by atoms with E-state index in [9.17, 15) is 0 Å². The van der Waals surface area contributed by atoms with Crippen LogP contribution in [0.25, 0.3) is 16.5 Å².